The van der Waals surface area contributed by atoms with E-state index in [1.807, 2.05) is 31.3 Å². The number of nitrogens with zero attached hydrogens (tertiary/aromatic N) is 3. The van der Waals surface area contributed by atoms with E-state index in [1.165, 1.54) is 10.9 Å². The van der Waals surface area contributed by atoms with Gasteiger partial charge in [-0.1, -0.05) is 29.8 Å². The molecule has 0 spiro atoms. The van der Waals surface area contributed by atoms with E-state index in [2.05, 4.69) is 32.2 Å². The number of aryl methyl sites for hydroxylation is 1. The summed E-state index contributed by atoms with van der Waals surface area (Å²) >= 11 is 6.27. The maximum Gasteiger partial charge on any atom is 0.0951 e. The largest absolute Gasteiger partial charge is 0.391 e. The molecule has 3 aromatic rings. The van der Waals surface area contributed by atoms with Crippen molar-refractivity contribution in [1.29, 1.82) is 0 Å². The number of hydrogen-bond donors (Lipinski definition) is 2. The Morgan fingerprint density at radius 1 is 1.28 bits per heavy atom. The molecule has 2 aromatic heterocycles. The Labute approximate surface area is 151 Å². The summed E-state index contributed by atoms with van der Waals surface area (Å²) in [6.07, 6.45) is 2.35. The number of aliphatic hydroxyl groups excluding tert-OH is 1. The Kier molecular flexibility index (Phi) is 4.46. The monoisotopic (exact) mass is 356 g/mol. The van der Waals surface area contributed by atoms with Gasteiger partial charge in [-0.05, 0) is 31.0 Å². The molecule has 5 nitrogen and oxygen atoms in total. The van der Waals surface area contributed by atoms with Gasteiger partial charge < -0.3 is 5.11 Å². The van der Waals surface area contributed by atoms with Crippen molar-refractivity contribution in [2.75, 3.05) is 13.1 Å². The normalized spacial score (nSPS) is 21.2. The zero-order chi connectivity index (χ0) is 17.4. The van der Waals surface area contributed by atoms with Gasteiger partial charge in [0.15, 0.2) is 0 Å². The molecular formula is C19H21ClN4O. The van der Waals surface area contributed by atoms with Crippen LogP contribution in [0.15, 0.2) is 36.5 Å². The van der Waals surface area contributed by atoms with E-state index in [4.69, 9.17) is 11.6 Å². The molecular weight excluding hydrogens is 336 g/mol. The number of rotatable bonds is 4. The molecule has 1 saturated heterocycles. The first kappa shape index (κ1) is 16.5. The summed E-state index contributed by atoms with van der Waals surface area (Å²) in [6, 6.07) is 10.2. The molecule has 1 aliphatic rings. The molecule has 0 bridgehead atoms. The van der Waals surface area contributed by atoms with Crippen LogP contribution in [0.3, 0.4) is 0 Å². The number of para-hydroxylation sites is 1. The average Bonchev–Trinajstić information content (AvgIpc) is 3.12. The zero-order valence-corrected chi connectivity index (χ0v) is 14.9. The highest BCUT2D eigenvalue weighted by molar-refractivity contribution is 6.31. The number of β-amino-alcohol motifs (C(OH)–C–C–N with tert-alkyl or cyclic N) is 1. The number of pyridine rings is 1. The van der Waals surface area contributed by atoms with Crippen LogP contribution >= 0.6 is 11.6 Å². The van der Waals surface area contributed by atoms with Crippen molar-refractivity contribution in [3.8, 4) is 0 Å². The van der Waals surface area contributed by atoms with Crippen molar-refractivity contribution < 1.29 is 5.11 Å². The molecule has 130 valence electrons. The summed E-state index contributed by atoms with van der Waals surface area (Å²) in [4.78, 5) is 6.64. The number of H-pyrrole nitrogens is 1. The Morgan fingerprint density at radius 3 is 2.92 bits per heavy atom. The van der Waals surface area contributed by atoms with E-state index in [0.29, 0.717) is 18.1 Å². The number of benzene rings is 1. The second kappa shape index (κ2) is 6.75. The third-order valence-electron chi connectivity index (χ3n) is 5.02. The second-order valence-electron chi connectivity index (χ2n) is 6.82. The molecule has 0 radical (unpaired) electrons. The summed E-state index contributed by atoms with van der Waals surface area (Å²) in [5.74, 6) is 0.199. The second-order valence-corrected chi connectivity index (χ2v) is 7.20. The summed E-state index contributed by atoms with van der Waals surface area (Å²) < 4.78 is 0. The molecule has 4 rings (SSSR count). The highest BCUT2D eigenvalue weighted by Gasteiger charge is 2.32. The van der Waals surface area contributed by atoms with E-state index in [-0.39, 0.29) is 12.0 Å². The number of nitrogens with one attached hydrogen (secondary N) is 1. The maximum absolute atomic E-state index is 10.5. The van der Waals surface area contributed by atoms with Crippen molar-refractivity contribution >= 4 is 22.5 Å². The van der Waals surface area contributed by atoms with Gasteiger partial charge in [0.25, 0.3) is 0 Å². The summed E-state index contributed by atoms with van der Waals surface area (Å²) in [7, 11) is 0. The first-order valence-electron chi connectivity index (χ1n) is 8.54. The average molecular weight is 357 g/mol. The van der Waals surface area contributed by atoms with Gasteiger partial charge in [-0.15, -0.1) is 0 Å². The number of fused-ring (bicyclic) bond motifs is 1. The van der Waals surface area contributed by atoms with Crippen LogP contribution < -0.4 is 0 Å². The number of aliphatic hydroxyl groups is 1. The molecule has 0 unspecified atom stereocenters. The van der Waals surface area contributed by atoms with Crippen LogP contribution in [0.25, 0.3) is 10.9 Å². The van der Waals surface area contributed by atoms with Crippen molar-refractivity contribution in [1.82, 2.24) is 20.1 Å². The number of aromatic amines is 1. The maximum atomic E-state index is 10.5. The van der Waals surface area contributed by atoms with Gasteiger partial charge in [-0.25, -0.2) is 0 Å². The lowest BCUT2D eigenvalue weighted by Crippen LogP contribution is -2.21. The third kappa shape index (κ3) is 3.27. The zero-order valence-electron chi connectivity index (χ0n) is 14.1. The predicted molar refractivity (Wildman–Crippen MR) is 98.6 cm³/mol. The van der Waals surface area contributed by atoms with Crippen LogP contribution in [-0.2, 0) is 13.0 Å². The molecule has 1 fully saturated rings. The minimum Gasteiger partial charge on any atom is -0.391 e. The molecule has 6 heteroatoms. The van der Waals surface area contributed by atoms with Crippen LogP contribution in [0.5, 0.6) is 0 Å². The van der Waals surface area contributed by atoms with Crippen LogP contribution in [0.4, 0.5) is 0 Å². The first-order valence-corrected chi connectivity index (χ1v) is 8.92. The highest BCUT2D eigenvalue weighted by Crippen LogP contribution is 2.27. The lowest BCUT2D eigenvalue weighted by atomic mass is 9.94. The number of likely N-dealkylation sites (tertiary alicyclic amines) is 1. The highest BCUT2D eigenvalue weighted by atomic mass is 35.5. The minimum absolute atomic E-state index is 0.199. The number of halogens is 1. The molecule has 25 heavy (non-hydrogen) atoms. The van der Waals surface area contributed by atoms with Gasteiger partial charge in [0.05, 0.1) is 28.0 Å². The molecule has 3 heterocycles. The van der Waals surface area contributed by atoms with E-state index in [0.717, 1.165) is 29.9 Å². The van der Waals surface area contributed by atoms with Crippen LogP contribution in [0.1, 0.15) is 17.0 Å². The fourth-order valence-corrected chi connectivity index (χ4v) is 3.81. The van der Waals surface area contributed by atoms with E-state index >= 15 is 0 Å². The quantitative estimate of drug-likeness (QED) is 0.754. The minimum atomic E-state index is -0.342. The molecule has 0 aliphatic carbocycles. The van der Waals surface area contributed by atoms with Crippen molar-refractivity contribution in [2.45, 2.75) is 26.0 Å². The van der Waals surface area contributed by atoms with Gasteiger partial charge in [0.2, 0.25) is 0 Å². The van der Waals surface area contributed by atoms with Gasteiger partial charge in [0.1, 0.15) is 0 Å². The predicted octanol–water partition coefficient (Wildman–Crippen LogP) is 2.96. The lowest BCUT2D eigenvalue weighted by molar-refractivity contribution is 0.141. The number of aromatic nitrogens is 3. The Hall–Kier alpha value is -1.95. The fourth-order valence-electron chi connectivity index (χ4n) is 3.67. The number of hydrogen-bond acceptors (Lipinski definition) is 4. The standard InChI is InChI=1S/C19H21ClN4O/c1-12-19(20)17(23-22-12)10-24-9-14(18(25)11-24)8-13-6-7-21-16-5-3-2-4-15(13)16/h2-7,14,18,25H,8-11H2,1H3,(H,22,23)/t14-,18+/m1/s1. The van der Waals surface area contributed by atoms with Crippen LogP contribution in [0.2, 0.25) is 5.02 Å². The van der Waals surface area contributed by atoms with Crippen LogP contribution in [0, 0.1) is 12.8 Å². The first-order chi connectivity index (χ1) is 12.1. The van der Waals surface area contributed by atoms with Crippen molar-refractivity contribution in [3.05, 3.63) is 58.5 Å². The van der Waals surface area contributed by atoms with E-state index in [9.17, 15) is 5.11 Å². The summed E-state index contributed by atoms with van der Waals surface area (Å²) in [5, 5.41) is 19.6. The summed E-state index contributed by atoms with van der Waals surface area (Å²) in [6.45, 7) is 4.05. The molecule has 1 aromatic carbocycles. The molecule has 0 saturated carbocycles. The molecule has 0 amide bonds. The van der Waals surface area contributed by atoms with E-state index in [1.54, 1.807) is 0 Å². The SMILES string of the molecule is Cc1[nH]nc(CN2C[C@@H](Cc3ccnc4ccccc34)[C@@H](O)C2)c1Cl. The Balaban J connectivity index is 1.49. The van der Waals surface area contributed by atoms with Gasteiger partial charge >= 0.3 is 0 Å². The van der Waals surface area contributed by atoms with Crippen molar-refractivity contribution in [3.63, 3.8) is 0 Å². The summed E-state index contributed by atoms with van der Waals surface area (Å²) in [5.41, 5.74) is 3.98. The lowest BCUT2D eigenvalue weighted by Gasteiger charge is -2.15. The van der Waals surface area contributed by atoms with Crippen LogP contribution in [-0.4, -0.2) is 44.4 Å². The fraction of sp³-hybridized carbons (Fsp3) is 0.368. The third-order valence-corrected chi connectivity index (χ3v) is 5.52. The molecule has 2 atom stereocenters. The van der Waals surface area contributed by atoms with Gasteiger partial charge in [-0.3, -0.25) is 15.0 Å². The van der Waals surface area contributed by atoms with Crippen molar-refractivity contribution in [2.24, 2.45) is 5.92 Å². The topological polar surface area (TPSA) is 65.0 Å². The Morgan fingerprint density at radius 2 is 2.12 bits per heavy atom. The van der Waals surface area contributed by atoms with E-state index < -0.39 is 0 Å². The van der Waals surface area contributed by atoms with Gasteiger partial charge in [0, 0.05) is 37.1 Å². The smallest absolute Gasteiger partial charge is 0.0951 e. The molecule has 1 aliphatic heterocycles. The van der Waals surface area contributed by atoms with Gasteiger partial charge in [-0.2, -0.15) is 5.10 Å². The Bertz CT molecular complexity index is 889. The molecule has 2 N–H and O–H groups in total.